The fourth-order valence-electron chi connectivity index (χ4n) is 0.201. The first kappa shape index (κ1) is 7.82. The quantitative estimate of drug-likeness (QED) is 0.526. The van der Waals surface area contributed by atoms with Crippen molar-refractivity contribution in [3.8, 4) is 0 Å². The van der Waals surface area contributed by atoms with Crippen LogP contribution in [0.1, 0.15) is 0 Å². The van der Waals surface area contributed by atoms with Crippen molar-refractivity contribution in [3.63, 3.8) is 0 Å². The van der Waals surface area contributed by atoms with E-state index in [2.05, 4.69) is 4.74 Å². The van der Waals surface area contributed by atoms with Gasteiger partial charge in [-0.3, -0.25) is 4.79 Å². The van der Waals surface area contributed by atoms with Crippen LogP contribution in [-0.2, 0) is 9.53 Å². The van der Waals surface area contributed by atoms with E-state index in [4.69, 9.17) is 6.92 Å². The zero-order valence-electron chi connectivity index (χ0n) is 4.72. The molecule has 8 heavy (non-hydrogen) atoms. The minimum Gasteiger partial charge on any atom is -0.468 e. The van der Waals surface area contributed by atoms with Crippen LogP contribution in [0.2, 0.25) is 0 Å². The maximum absolute atomic E-state index is 10.3. The Balaban J connectivity index is 2.99. The Morgan fingerprint density at radius 1 is 1.88 bits per heavy atom. The molecule has 0 aromatic heterocycles. The summed E-state index contributed by atoms with van der Waals surface area (Å²) in [6.45, 7) is 5.09. The van der Waals surface area contributed by atoms with Gasteiger partial charge in [-0.2, -0.15) is 0 Å². The van der Waals surface area contributed by atoms with Crippen LogP contribution in [0.15, 0.2) is 0 Å². The molecule has 0 atom stereocenters. The Morgan fingerprint density at radius 3 is 2.88 bits per heavy atom. The monoisotopic (exact) mass is 132 g/mol. The lowest BCUT2D eigenvalue weighted by atomic mass is 10.8. The van der Waals surface area contributed by atoms with Crippen LogP contribution in [0.4, 0.5) is 0 Å². The number of carbonyl (C=O) groups excluding carboxylic acids is 1. The van der Waals surface area contributed by atoms with Crippen LogP contribution in [0.3, 0.4) is 0 Å². The summed E-state index contributed by atoms with van der Waals surface area (Å²) in [6.07, 6.45) is 0. The van der Waals surface area contributed by atoms with Crippen molar-refractivity contribution in [3.05, 3.63) is 6.92 Å². The zero-order chi connectivity index (χ0) is 6.41. The summed E-state index contributed by atoms with van der Waals surface area (Å²) >= 11 is 1.34. The van der Waals surface area contributed by atoms with Crippen LogP contribution in [0.25, 0.3) is 0 Å². The predicted molar refractivity (Wildman–Crippen MR) is 33.6 cm³/mol. The smallest absolute Gasteiger partial charge is 0.315 e. The van der Waals surface area contributed by atoms with Gasteiger partial charge in [0, 0.05) is 0 Å². The number of hydrogen-bond acceptors (Lipinski definition) is 3. The van der Waals surface area contributed by atoms with Gasteiger partial charge in [0.2, 0.25) is 0 Å². The second-order valence-electron chi connectivity index (χ2n) is 1.09. The summed E-state index contributed by atoms with van der Waals surface area (Å²) < 4.78 is 4.34. The minimum absolute atomic E-state index is 0.222. The highest BCUT2D eigenvalue weighted by Gasteiger charge is 1.95. The molecule has 0 aromatic carbocycles. The second kappa shape index (κ2) is 4.97. The van der Waals surface area contributed by atoms with E-state index in [0.717, 1.165) is 0 Å². The Bertz CT molecular complexity index is 72.8. The average molecular weight is 132 g/mol. The summed E-state index contributed by atoms with van der Waals surface area (Å²) in [5.74, 6) is 0.600. The third kappa shape index (κ3) is 3.99. The van der Waals surface area contributed by atoms with Gasteiger partial charge in [-0.25, -0.2) is 0 Å². The predicted octanol–water partition coefficient (Wildman–Crippen LogP) is 0.604. The SMILES string of the molecule is [CH]CSCC(=O)OC. The van der Waals surface area contributed by atoms with Crippen molar-refractivity contribution in [2.24, 2.45) is 0 Å². The van der Waals surface area contributed by atoms with Gasteiger partial charge in [0.15, 0.2) is 0 Å². The van der Waals surface area contributed by atoms with Gasteiger partial charge < -0.3 is 4.74 Å². The van der Waals surface area contributed by atoms with E-state index in [1.165, 1.54) is 18.9 Å². The molecular formula is C5H8O2S. The summed E-state index contributed by atoms with van der Waals surface area (Å²) in [5.41, 5.74) is 0. The van der Waals surface area contributed by atoms with Gasteiger partial charge in [0.05, 0.1) is 12.9 Å². The molecule has 0 unspecified atom stereocenters. The Labute approximate surface area is 53.6 Å². The standard InChI is InChI=1S/C5H8O2S/c1-3-8-4-5(6)7-2/h1H,3-4H2,2H3. The Hall–Kier alpha value is -0.180. The fourth-order valence-corrected chi connectivity index (χ4v) is 0.604. The number of hydrogen-bond donors (Lipinski definition) is 0. The molecule has 0 spiro atoms. The highest BCUT2D eigenvalue weighted by molar-refractivity contribution is 8.00. The summed E-state index contributed by atoms with van der Waals surface area (Å²) in [4.78, 5) is 10.3. The minimum atomic E-state index is -0.222. The number of ether oxygens (including phenoxy) is 1. The van der Waals surface area contributed by atoms with Crippen molar-refractivity contribution in [2.45, 2.75) is 0 Å². The van der Waals surface area contributed by atoms with Crippen LogP contribution in [-0.4, -0.2) is 24.6 Å². The molecule has 0 aromatic rings. The number of carbonyl (C=O) groups is 1. The third-order valence-corrected chi connectivity index (χ3v) is 1.24. The molecule has 0 heterocycles. The molecule has 0 bridgehead atoms. The number of methoxy groups -OCH3 is 1. The van der Waals surface area contributed by atoms with Crippen molar-refractivity contribution < 1.29 is 9.53 Å². The normalized spacial score (nSPS) is 8.75. The van der Waals surface area contributed by atoms with E-state index < -0.39 is 0 Å². The molecule has 0 aliphatic carbocycles. The first-order valence-corrected chi connectivity index (χ1v) is 3.31. The molecule has 2 radical (unpaired) electrons. The lowest BCUT2D eigenvalue weighted by molar-refractivity contribution is -0.137. The van der Waals surface area contributed by atoms with Gasteiger partial charge >= 0.3 is 5.97 Å². The zero-order valence-corrected chi connectivity index (χ0v) is 5.53. The summed E-state index contributed by atoms with van der Waals surface area (Å²) in [5, 5.41) is 0. The average Bonchev–Trinajstić information content (AvgIpc) is 1.83. The van der Waals surface area contributed by atoms with Crippen molar-refractivity contribution in [1.82, 2.24) is 0 Å². The highest BCUT2D eigenvalue weighted by Crippen LogP contribution is 1.96. The number of rotatable bonds is 3. The van der Waals surface area contributed by atoms with Crippen LogP contribution in [0, 0.1) is 6.92 Å². The number of esters is 1. The molecule has 0 amide bonds. The molecule has 0 rings (SSSR count). The van der Waals surface area contributed by atoms with Gasteiger partial charge in [-0.1, -0.05) is 0 Å². The van der Waals surface area contributed by atoms with E-state index >= 15 is 0 Å². The topological polar surface area (TPSA) is 26.3 Å². The largest absolute Gasteiger partial charge is 0.468 e. The fraction of sp³-hybridized carbons (Fsp3) is 0.600. The molecule has 0 aliphatic rings. The molecule has 0 saturated heterocycles. The van der Waals surface area contributed by atoms with E-state index in [-0.39, 0.29) is 5.97 Å². The van der Waals surface area contributed by atoms with Crippen LogP contribution in [0.5, 0.6) is 0 Å². The highest BCUT2D eigenvalue weighted by atomic mass is 32.2. The molecular weight excluding hydrogens is 124 g/mol. The summed E-state index contributed by atoms with van der Waals surface area (Å²) in [6, 6.07) is 0. The lowest BCUT2D eigenvalue weighted by Crippen LogP contribution is -2.02. The van der Waals surface area contributed by atoms with Gasteiger partial charge in [0.25, 0.3) is 0 Å². The van der Waals surface area contributed by atoms with Crippen molar-refractivity contribution in [2.75, 3.05) is 18.6 Å². The van der Waals surface area contributed by atoms with E-state index in [1.54, 1.807) is 0 Å². The Kier molecular flexibility index (Phi) is 4.85. The lowest BCUT2D eigenvalue weighted by Gasteiger charge is -1.93. The van der Waals surface area contributed by atoms with Crippen LogP contribution < -0.4 is 0 Å². The first-order valence-electron chi connectivity index (χ1n) is 2.16. The molecule has 0 fully saturated rings. The maximum Gasteiger partial charge on any atom is 0.315 e. The molecule has 0 saturated carbocycles. The van der Waals surface area contributed by atoms with E-state index in [0.29, 0.717) is 11.5 Å². The van der Waals surface area contributed by atoms with Crippen molar-refractivity contribution in [1.29, 1.82) is 0 Å². The molecule has 2 nitrogen and oxygen atoms in total. The number of thioether (sulfide) groups is 1. The molecule has 0 N–H and O–H groups in total. The molecule has 0 aliphatic heterocycles. The van der Waals surface area contributed by atoms with Gasteiger partial charge in [0.1, 0.15) is 0 Å². The maximum atomic E-state index is 10.3. The molecule has 3 heteroatoms. The second-order valence-corrected chi connectivity index (χ2v) is 2.12. The Morgan fingerprint density at radius 2 is 2.50 bits per heavy atom. The van der Waals surface area contributed by atoms with Gasteiger partial charge in [-0.15, -0.1) is 11.8 Å². The first-order chi connectivity index (χ1) is 3.81. The van der Waals surface area contributed by atoms with Gasteiger partial charge in [-0.05, 0) is 12.7 Å². The summed E-state index contributed by atoms with van der Waals surface area (Å²) in [7, 11) is 1.36. The van der Waals surface area contributed by atoms with Crippen LogP contribution >= 0.6 is 11.8 Å². The third-order valence-electron chi connectivity index (χ3n) is 0.565. The van der Waals surface area contributed by atoms with E-state index in [1.807, 2.05) is 0 Å². The molecule has 46 valence electrons. The van der Waals surface area contributed by atoms with E-state index in [9.17, 15) is 4.79 Å². The van der Waals surface area contributed by atoms with Crippen molar-refractivity contribution >= 4 is 17.7 Å².